The van der Waals surface area contributed by atoms with Crippen LogP contribution in [0.1, 0.15) is 13.8 Å². The number of thiophene rings is 1. The summed E-state index contributed by atoms with van der Waals surface area (Å²) in [5.74, 6) is 0. The van der Waals surface area contributed by atoms with Gasteiger partial charge in [-0.2, -0.15) is 0 Å². The maximum absolute atomic E-state index is 2.35. The van der Waals surface area contributed by atoms with E-state index in [1.54, 1.807) is 0 Å². The van der Waals surface area contributed by atoms with E-state index in [0.29, 0.717) is 6.04 Å². The first-order valence-electron chi connectivity index (χ1n) is 7.35. The van der Waals surface area contributed by atoms with Crippen molar-refractivity contribution in [3.63, 3.8) is 0 Å². The molecule has 22 heavy (non-hydrogen) atoms. The van der Waals surface area contributed by atoms with Crippen LogP contribution in [0, 0.1) is 0 Å². The summed E-state index contributed by atoms with van der Waals surface area (Å²) in [5.41, 5.74) is 1.31. The maximum Gasteiger partial charge on any atom is 3.00 e. The zero-order chi connectivity index (χ0) is 14.4. The van der Waals surface area contributed by atoms with Crippen molar-refractivity contribution in [1.82, 2.24) is 4.90 Å². The largest absolute Gasteiger partial charge is 3.00 e. The first kappa shape index (κ1) is 15.5. The first-order valence-corrected chi connectivity index (χ1v) is 8.16. The molecule has 0 saturated carbocycles. The van der Waals surface area contributed by atoms with E-state index in [4.69, 9.17) is 0 Å². The van der Waals surface area contributed by atoms with Crippen molar-refractivity contribution >= 4 is 37.2 Å². The standard InChI is InChI=1S/C18H18N2S.Ir/c1-13(2)19-10-11-20(12-19)15-7-5-9-17-18(15)14-6-3-4-8-16(14)21-17;/h3-11,13H,12H2,1-2H3;/q;+3. The van der Waals surface area contributed by atoms with Gasteiger partial charge in [0.2, 0.25) is 0 Å². The van der Waals surface area contributed by atoms with Gasteiger partial charge in [0.05, 0.1) is 12.4 Å². The Morgan fingerprint density at radius 3 is 2.50 bits per heavy atom. The maximum atomic E-state index is 2.35. The minimum Gasteiger partial charge on any atom is -0.356 e. The van der Waals surface area contributed by atoms with Crippen LogP contribution >= 0.6 is 11.3 Å². The summed E-state index contributed by atoms with van der Waals surface area (Å²) in [4.78, 5) is 4.70. The summed E-state index contributed by atoms with van der Waals surface area (Å²) < 4.78 is 2.73. The van der Waals surface area contributed by atoms with E-state index in [1.807, 2.05) is 11.3 Å². The Balaban J connectivity index is 0.00000144. The van der Waals surface area contributed by atoms with Crippen molar-refractivity contribution in [3.05, 3.63) is 54.9 Å². The van der Waals surface area contributed by atoms with Crippen LogP contribution in [0.15, 0.2) is 54.9 Å². The molecule has 0 spiro atoms. The van der Waals surface area contributed by atoms with Crippen molar-refractivity contribution in [2.45, 2.75) is 19.9 Å². The van der Waals surface area contributed by atoms with Gasteiger partial charge in [-0.25, -0.2) is 0 Å². The predicted molar refractivity (Wildman–Crippen MR) is 92.8 cm³/mol. The zero-order valence-corrected chi connectivity index (χ0v) is 15.8. The third-order valence-electron chi connectivity index (χ3n) is 4.11. The third kappa shape index (κ3) is 2.45. The molecular weight excluding hydrogens is 468 g/mol. The predicted octanol–water partition coefficient (Wildman–Crippen LogP) is 5.01. The number of hydrogen-bond donors (Lipinski definition) is 0. The van der Waals surface area contributed by atoms with E-state index in [9.17, 15) is 0 Å². The summed E-state index contributed by atoms with van der Waals surface area (Å²) in [6.07, 6.45) is 4.39. The van der Waals surface area contributed by atoms with Crippen molar-refractivity contribution in [3.8, 4) is 0 Å². The van der Waals surface area contributed by atoms with Crippen molar-refractivity contribution in [1.29, 1.82) is 0 Å². The molecule has 4 heteroatoms. The van der Waals surface area contributed by atoms with Crippen LogP contribution in [0.3, 0.4) is 0 Å². The second-order valence-corrected chi connectivity index (χ2v) is 6.85. The molecule has 0 radical (unpaired) electrons. The van der Waals surface area contributed by atoms with Gasteiger partial charge in [-0.3, -0.25) is 0 Å². The fraction of sp³-hybridized carbons (Fsp3) is 0.222. The molecule has 0 atom stereocenters. The molecule has 0 bridgehead atoms. The normalized spacial score (nSPS) is 14.3. The van der Waals surface area contributed by atoms with E-state index < -0.39 is 0 Å². The molecule has 1 aliphatic rings. The Kier molecular flexibility index (Phi) is 4.26. The van der Waals surface area contributed by atoms with Crippen molar-refractivity contribution in [2.24, 2.45) is 0 Å². The number of fused-ring (bicyclic) bond motifs is 3. The van der Waals surface area contributed by atoms with Crippen LogP contribution in [0.5, 0.6) is 0 Å². The van der Waals surface area contributed by atoms with Gasteiger partial charge in [-0.15, -0.1) is 11.3 Å². The molecule has 2 nitrogen and oxygen atoms in total. The van der Waals surface area contributed by atoms with Gasteiger partial charge in [0.1, 0.15) is 0 Å². The van der Waals surface area contributed by atoms with Crippen LogP contribution in [-0.2, 0) is 20.1 Å². The van der Waals surface area contributed by atoms with Gasteiger partial charge in [0.15, 0.2) is 0 Å². The first-order chi connectivity index (χ1) is 10.2. The van der Waals surface area contributed by atoms with Gasteiger partial charge in [-0.05, 0) is 32.0 Å². The van der Waals surface area contributed by atoms with E-state index in [2.05, 4.69) is 78.5 Å². The van der Waals surface area contributed by atoms with Gasteiger partial charge < -0.3 is 9.80 Å². The summed E-state index contributed by atoms with van der Waals surface area (Å²) >= 11 is 1.88. The van der Waals surface area contributed by atoms with Gasteiger partial charge in [0.25, 0.3) is 0 Å². The molecule has 2 aromatic carbocycles. The number of benzene rings is 2. The Hall–Kier alpha value is -1.35. The molecule has 0 N–H and O–H groups in total. The van der Waals surface area contributed by atoms with Gasteiger partial charge >= 0.3 is 20.1 Å². The molecule has 0 amide bonds. The minimum atomic E-state index is 0. The molecule has 4 rings (SSSR count). The Morgan fingerprint density at radius 1 is 0.955 bits per heavy atom. The van der Waals surface area contributed by atoms with E-state index >= 15 is 0 Å². The number of anilines is 1. The quantitative estimate of drug-likeness (QED) is 0.502. The molecule has 0 fully saturated rings. The molecule has 1 aromatic heterocycles. The van der Waals surface area contributed by atoms with Crippen LogP contribution in [0.4, 0.5) is 5.69 Å². The molecule has 3 aromatic rings. The van der Waals surface area contributed by atoms with Crippen molar-refractivity contribution < 1.29 is 20.1 Å². The summed E-state index contributed by atoms with van der Waals surface area (Å²) in [6.45, 7) is 5.39. The summed E-state index contributed by atoms with van der Waals surface area (Å²) in [6, 6.07) is 15.9. The van der Waals surface area contributed by atoms with Crippen LogP contribution in [0.25, 0.3) is 20.2 Å². The average Bonchev–Trinajstić information content (AvgIpc) is 3.11. The third-order valence-corrected chi connectivity index (χ3v) is 5.24. The Morgan fingerprint density at radius 2 is 1.73 bits per heavy atom. The smallest absolute Gasteiger partial charge is 0.356 e. The van der Waals surface area contributed by atoms with E-state index in [1.165, 1.54) is 25.9 Å². The molecular formula is C18H18IrN2S+3. The number of hydrogen-bond acceptors (Lipinski definition) is 3. The second-order valence-electron chi connectivity index (χ2n) is 5.77. The fourth-order valence-electron chi connectivity index (χ4n) is 2.92. The number of rotatable bonds is 2. The monoisotopic (exact) mass is 487 g/mol. The minimum absolute atomic E-state index is 0. The van der Waals surface area contributed by atoms with Crippen LogP contribution < -0.4 is 4.90 Å². The summed E-state index contributed by atoms with van der Waals surface area (Å²) in [7, 11) is 0. The van der Waals surface area contributed by atoms with Crippen LogP contribution in [0.2, 0.25) is 0 Å². The molecule has 1 aliphatic heterocycles. The van der Waals surface area contributed by atoms with Gasteiger partial charge in [-0.1, -0.05) is 24.3 Å². The SMILES string of the molecule is CC(C)N1C=CN(c2cccc3sc4ccccc4c23)C1.[Ir+3]. The van der Waals surface area contributed by atoms with E-state index in [0.717, 1.165) is 6.67 Å². The Bertz CT molecular complexity index is 837. The molecule has 0 saturated heterocycles. The second kappa shape index (κ2) is 6.04. The fourth-order valence-corrected chi connectivity index (χ4v) is 4.05. The molecule has 0 unspecified atom stereocenters. The Labute approximate surface area is 148 Å². The average molecular weight is 487 g/mol. The zero-order valence-electron chi connectivity index (χ0n) is 12.6. The topological polar surface area (TPSA) is 6.48 Å². The molecule has 112 valence electrons. The molecule has 2 heterocycles. The summed E-state index contributed by atoms with van der Waals surface area (Å²) in [5, 5.41) is 2.75. The number of nitrogens with zero attached hydrogens (tertiary/aromatic N) is 2. The molecule has 0 aliphatic carbocycles. The van der Waals surface area contributed by atoms with E-state index in [-0.39, 0.29) is 20.1 Å². The van der Waals surface area contributed by atoms with Crippen molar-refractivity contribution in [2.75, 3.05) is 11.6 Å². The van der Waals surface area contributed by atoms with Gasteiger partial charge in [0, 0.05) is 38.6 Å². The van der Waals surface area contributed by atoms with Crippen LogP contribution in [-0.4, -0.2) is 17.6 Å².